The Morgan fingerprint density at radius 3 is 3.11 bits per heavy atom. The van der Waals surface area contributed by atoms with E-state index >= 15 is 0 Å². The molecule has 1 unspecified atom stereocenters. The minimum Gasteiger partial charge on any atom is -0.384 e. The molecule has 4 heteroatoms. The minimum absolute atomic E-state index is 0.129. The first kappa shape index (κ1) is 13.1. The van der Waals surface area contributed by atoms with Crippen LogP contribution in [0.1, 0.15) is 30.2 Å². The number of likely N-dealkylation sites (tertiary alicyclic amines) is 1. The molecule has 1 aromatic rings. The van der Waals surface area contributed by atoms with Crippen molar-refractivity contribution in [3.8, 4) is 11.8 Å². The average molecular weight is 263 g/mol. The van der Waals surface area contributed by atoms with Gasteiger partial charge in [-0.1, -0.05) is 25.2 Å². The van der Waals surface area contributed by atoms with Gasteiger partial charge >= 0.3 is 0 Å². The van der Waals surface area contributed by atoms with Crippen molar-refractivity contribution in [1.29, 1.82) is 0 Å². The predicted octanol–water partition coefficient (Wildman–Crippen LogP) is 1.85. The van der Waals surface area contributed by atoms with E-state index in [0.29, 0.717) is 18.9 Å². The Balaban J connectivity index is 2.06. The maximum Gasteiger partial charge on any atom is 0.223 e. The first-order valence-electron chi connectivity index (χ1n) is 6.18. The number of aliphatic hydroxyl groups excluding tert-OH is 1. The molecule has 0 radical (unpaired) electrons. The molecule has 3 nitrogen and oxygen atoms in total. The maximum atomic E-state index is 11.8. The zero-order chi connectivity index (χ0) is 13.0. The number of thiophene rings is 1. The van der Waals surface area contributed by atoms with Crippen molar-refractivity contribution in [3.63, 3.8) is 0 Å². The van der Waals surface area contributed by atoms with Gasteiger partial charge in [0.25, 0.3) is 0 Å². The van der Waals surface area contributed by atoms with Gasteiger partial charge in [0.1, 0.15) is 6.61 Å². The minimum atomic E-state index is -0.129. The van der Waals surface area contributed by atoms with Gasteiger partial charge in [-0.05, 0) is 17.4 Å². The molecular weight excluding hydrogens is 246 g/mol. The van der Waals surface area contributed by atoms with Crippen LogP contribution < -0.4 is 0 Å². The predicted molar refractivity (Wildman–Crippen MR) is 72.1 cm³/mol. The molecule has 0 aromatic carbocycles. The summed E-state index contributed by atoms with van der Waals surface area (Å²) in [5.74, 6) is 6.34. The monoisotopic (exact) mass is 263 g/mol. The molecule has 1 aliphatic heterocycles. The summed E-state index contributed by atoms with van der Waals surface area (Å²) in [5.41, 5.74) is 0.932. The van der Waals surface area contributed by atoms with Crippen LogP contribution in [0.3, 0.4) is 0 Å². The van der Waals surface area contributed by atoms with Crippen LogP contribution in [0.15, 0.2) is 11.4 Å². The number of amides is 1. The van der Waals surface area contributed by atoms with E-state index in [2.05, 4.69) is 18.8 Å². The highest BCUT2D eigenvalue weighted by atomic mass is 32.1. The van der Waals surface area contributed by atoms with Crippen molar-refractivity contribution < 1.29 is 9.90 Å². The Kier molecular flexibility index (Phi) is 4.40. The second kappa shape index (κ2) is 6.03. The van der Waals surface area contributed by atoms with E-state index in [1.165, 1.54) is 0 Å². The zero-order valence-electron chi connectivity index (χ0n) is 10.5. The Bertz CT molecular complexity index is 483. The van der Waals surface area contributed by atoms with E-state index in [-0.39, 0.29) is 12.5 Å². The lowest BCUT2D eigenvalue weighted by Crippen LogP contribution is -2.24. The fourth-order valence-electron chi connectivity index (χ4n) is 2.16. The summed E-state index contributed by atoms with van der Waals surface area (Å²) in [4.78, 5) is 14.9. The molecule has 96 valence electrons. The van der Waals surface area contributed by atoms with Crippen LogP contribution in [0.5, 0.6) is 0 Å². The molecule has 1 saturated heterocycles. The molecule has 1 fully saturated rings. The lowest BCUT2D eigenvalue weighted by Gasteiger charge is -2.15. The largest absolute Gasteiger partial charge is 0.384 e. The Morgan fingerprint density at radius 2 is 2.44 bits per heavy atom. The molecule has 1 aliphatic rings. The van der Waals surface area contributed by atoms with Crippen molar-refractivity contribution in [1.82, 2.24) is 4.90 Å². The summed E-state index contributed by atoms with van der Waals surface area (Å²) in [7, 11) is 0. The van der Waals surface area contributed by atoms with Gasteiger partial charge in [-0.25, -0.2) is 0 Å². The summed E-state index contributed by atoms with van der Waals surface area (Å²) in [6, 6.07) is 1.94. The van der Waals surface area contributed by atoms with Crippen molar-refractivity contribution in [2.75, 3.05) is 13.2 Å². The summed E-state index contributed by atoms with van der Waals surface area (Å²) in [6.07, 6.45) is 1.74. The Morgan fingerprint density at radius 1 is 1.61 bits per heavy atom. The van der Waals surface area contributed by atoms with Crippen LogP contribution in [0.25, 0.3) is 0 Å². The van der Waals surface area contributed by atoms with Gasteiger partial charge in [0.05, 0.1) is 6.54 Å². The molecule has 0 aliphatic carbocycles. The van der Waals surface area contributed by atoms with E-state index < -0.39 is 0 Å². The third-order valence-corrected chi connectivity index (χ3v) is 4.16. The van der Waals surface area contributed by atoms with Crippen LogP contribution >= 0.6 is 11.3 Å². The van der Waals surface area contributed by atoms with Crippen molar-refractivity contribution in [3.05, 3.63) is 21.9 Å². The van der Waals surface area contributed by atoms with E-state index in [9.17, 15) is 4.79 Å². The van der Waals surface area contributed by atoms with Crippen LogP contribution in [-0.2, 0) is 11.3 Å². The SMILES string of the molecule is CCC1CC(=O)N(Cc2sccc2C#CCO)C1. The molecule has 0 bridgehead atoms. The third kappa shape index (κ3) is 2.92. The van der Waals surface area contributed by atoms with Crippen LogP contribution in [0.4, 0.5) is 0 Å². The number of aliphatic hydroxyl groups is 1. The number of hydrogen-bond acceptors (Lipinski definition) is 3. The lowest BCUT2D eigenvalue weighted by molar-refractivity contribution is -0.128. The van der Waals surface area contributed by atoms with Gasteiger partial charge in [0.2, 0.25) is 5.91 Å². The van der Waals surface area contributed by atoms with Gasteiger partial charge < -0.3 is 10.0 Å². The number of carbonyl (C=O) groups is 1. The fourth-order valence-corrected chi connectivity index (χ4v) is 3.01. The summed E-state index contributed by atoms with van der Waals surface area (Å²) >= 11 is 1.62. The molecule has 18 heavy (non-hydrogen) atoms. The smallest absolute Gasteiger partial charge is 0.223 e. The van der Waals surface area contributed by atoms with E-state index in [1.807, 2.05) is 16.3 Å². The third-order valence-electron chi connectivity index (χ3n) is 3.25. The van der Waals surface area contributed by atoms with Gasteiger partial charge in [-0.15, -0.1) is 11.3 Å². The molecule has 0 spiro atoms. The quantitative estimate of drug-likeness (QED) is 0.846. The van der Waals surface area contributed by atoms with Crippen LogP contribution in [0.2, 0.25) is 0 Å². The van der Waals surface area contributed by atoms with E-state index in [0.717, 1.165) is 23.4 Å². The lowest BCUT2D eigenvalue weighted by atomic mass is 10.1. The van der Waals surface area contributed by atoms with Crippen LogP contribution in [0, 0.1) is 17.8 Å². The Labute approximate surface area is 111 Å². The first-order valence-corrected chi connectivity index (χ1v) is 7.06. The van der Waals surface area contributed by atoms with Crippen molar-refractivity contribution in [2.45, 2.75) is 26.3 Å². The molecular formula is C14H17NO2S. The fraction of sp³-hybridized carbons (Fsp3) is 0.500. The molecule has 1 atom stereocenters. The van der Waals surface area contributed by atoms with E-state index in [1.54, 1.807) is 11.3 Å². The summed E-state index contributed by atoms with van der Waals surface area (Å²) in [6.45, 7) is 3.52. The Hall–Kier alpha value is -1.31. The second-order valence-corrected chi connectivity index (χ2v) is 5.47. The average Bonchev–Trinajstić information content (AvgIpc) is 2.95. The summed E-state index contributed by atoms with van der Waals surface area (Å²) in [5, 5.41) is 10.7. The molecule has 1 amide bonds. The molecule has 2 rings (SSSR count). The van der Waals surface area contributed by atoms with Gasteiger partial charge in [0.15, 0.2) is 0 Å². The summed E-state index contributed by atoms with van der Waals surface area (Å²) < 4.78 is 0. The normalized spacial score (nSPS) is 18.9. The zero-order valence-corrected chi connectivity index (χ0v) is 11.3. The number of carbonyl (C=O) groups excluding carboxylic acids is 1. The molecule has 1 N–H and O–H groups in total. The van der Waals surface area contributed by atoms with Gasteiger partial charge in [-0.2, -0.15) is 0 Å². The topological polar surface area (TPSA) is 40.5 Å². The van der Waals surface area contributed by atoms with Gasteiger partial charge in [0, 0.05) is 23.4 Å². The molecule has 0 saturated carbocycles. The van der Waals surface area contributed by atoms with Crippen LogP contribution in [-0.4, -0.2) is 29.1 Å². The number of rotatable bonds is 3. The maximum absolute atomic E-state index is 11.8. The van der Waals surface area contributed by atoms with Crippen molar-refractivity contribution in [2.24, 2.45) is 5.92 Å². The highest BCUT2D eigenvalue weighted by Crippen LogP contribution is 2.25. The highest BCUT2D eigenvalue weighted by molar-refractivity contribution is 7.10. The number of hydrogen-bond donors (Lipinski definition) is 1. The standard InChI is InChI=1S/C14H17NO2S/c1-2-11-8-14(17)15(9-11)10-13-12(4-3-6-16)5-7-18-13/h5,7,11,16H,2,6,8-10H2,1H3. The second-order valence-electron chi connectivity index (χ2n) is 4.47. The van der Waals surface area contributed by atoms with Crippen molar-refractivity contribution >= 4 is 17.2 Å². The first-order chi connectivity index (χ1) is 8.74. The molecule has 1 aromatic heterocycles. The molecule has 2 heterocycles. The number of nitrogens with zero attached hydrogens (tertiary/aromatic N) is 1. The van der Waals surface area contributed by atoms with E-state index in [4.69, 9.17) is 5.11 Å². The highest BCUT2D eigenvalue weighted by Gasteiger charge is 2.28. The van der Waals surface area contributed by atoms with Gasteiger partial charge in [-0.3, -0.25) is 4.79 Å².